The van der Waals surface area contributed by atoms with Gasteiger partial charge in [-0.25, -0.2) is 4.98 Å². The van der Waals surface area contributed by atoms with E-state index in [1.54, 1.807) is 18.1 Å². The number of Topliss-reactive ketones (excluding diaryl/α,β-unsaturated/α-hetero) is 1. The van der Waals surface area contributed by atoms with Gasteiger partial charge < -0.3 is 14.8 Å². The van der Waals surface area contributed by atoms with Gasteiger partial charge in [0.1, 0.15) is 6.04 Å². The molecule has 1 saturated heterocycles. The van der Waals surface area contributed by atoms with Crippen molar-refractivity contribution in [3.05, 3.63) is 111 Å². The summed E-state index contributed by atoms with van der Waals surface area (Å²) in [5.41, 5.74) is 6.61. The van der Waals surface area contributed by atoms with Crippen molar-refractivity contribution < 1.29 is 9.59 Å². The highest BCUT2D eigenvalue weighted by molar-refractivity contribution is 5.98. The fraction of sp³-hybridized carbons (Fsp3) is 0.368. The Morgan fingerprint density at radius 2 is 1.63 bits per heavy atom. The van der Waals surface area contributed by atoms with Gasteiger partial charge in [-0.05, 0) is 60.6 Å². The fourth-order valence-electron chi connectivity index (χ4n) is 6.03. The Hall–Kier alpha value is -4.56. The van der Waals surface area contributed by atoms with Gasteiger partial charge >= 0.3 is 0 Å². The largest absolute Gasteiger partial charge is 0.343 e. The van der Waals surface area contributed by atoms with Crippen LogP contribution in [0.1, 0.15) is 73.3 Å². The molecule has 0 aliphatic carbocycles. The van der Waals surface area contributed by atoms with Gasteiger partial charge in [0.05, 0.1) is 5.69 Å². The lowest BCUT2D eigenvalue weighted by molar-refractivity contribution is -0.141. The lowest BCUT2D eigenvalue weighted by Crippen LogP contribution is -2.52. The molecule has 0 saturated carbocycles. The molecule has 1 aliphatic rings. The molecule has 240 valence electrons. The molecule has 1 fully saturated rings. The average Bonchev–Trinajstić information content (AvgIpc) is 3.01. The number of nitrogens with zero attached hydrogens (tertiary/aromatic N) is 4. The first-order valence-corrected chi connectivity index (χ1v) is 15.9. The number of nitrogens with one attached hydrogen (secondary N) is 1. The summed E-state index contributed by atoms with van der Waals surface area (Å²) >= 11 is 0. The summed E-state index contributed by atoms with van der Waals surface area (Å²) < 4.78 is 1.52. The third-order valence-corrected chi connectivity index (χ3v) is 9.00. The standard InChI is InChI=1S/C38H45N5O3/c1-24(2)43-21-20-41(7)36(45)34(43)27-14-18-30(19-15-27)39-35-37(46)42(8)23-32(40-35)31-11-9-10-28(25(31)3)22-33(44)26-12-16-29(17-13-26)38(4,5)6/h9-19,23-24,34H,20-22H2,1-8H3,(H,39,40). The molecule has 1 N–H and O–H groups in total. The van der Waals surface area contributed by atoms with Gasteiger partial charge in [0, 0.05) is 62.7 Å². The molecular weight excluding hydrogens is 574 g/mol. The van der Waals surface area contributed by atoms with Crippen LogP contribution in [0.25, 0.3) is 11.3 Å². The Morgan fingerprint density at radius 3 is 2.26 bits per heavy atom. The second-order valence-electron chi connectivity index (χ2n) is 13.6. The van der Waals surface area contributed by atoms with Crippen molar-refractivity contribution >= 4 is 23.2 Å². The number of hydrogen-bond acceptors (Lipinski definition) is 6. The maximum absolute atomic E-state index is 13.2. The summed E-state index contributed by atoms with van der Waals surface area (Å²) in [5.74, 6) is 0.338. The predicted octanol–water partition coefficient (Wildman–Crippen LogP) is 6.45. The molecule has 1 aliphatic heterocycles. The Morgan fingerprint density at radius 1 is 0.957 bits per heavy atom. The maximum atomic E-state index is 13.2. The average molecular weight is 620 g/mol. The minimum atomic E-state index is -0.341. The second-order valence-corrected chi connectivity index (χ2v) is 13.6. The quantitative estimate of drug-likeness (QED) is 0.228. The molecule has 8 nitrogen and oxygen atoms in total. The third kappa shape index (κ3) is 6.82. The van der Waals surface area contributed by atoms with Crippen LogP contribution in [0.4, 0.5) is 11.5 Å². The number of piperazine rings is 1. The summed E-state index contributed by atoms with van der Waals surface area (Å²) in [7, 11) is 3.55. The van der Waals surface area contributed by atoms with Gasteiger partial charge in [0.15, 0.2) is 11.6 Å². The van der Waals surface area contributed by atoms with Crippen molar-refractivity contribution in [1.82, 2.24) is 19.4 Å². The molecule has 8 heteroatoms. The van der Waals surface area contributed by atoms with E-state index in [9.17, 15) is 14.4 Å². The molecule has 0 spiro atoms. The molecule has 0 radical (unpaired) electrons. The van der Waals surface area contributed by atoms with E-state index >= 15 is 0 Å². The number of amides is 1. The van der Waals surface area contributed by atoms with E-state index in [0.717, 1.165) is 28.8 Å². The number of benzene rings is 3. The third-order valence-electron chi connectivity index (χ3n) is 9.00. The van der Waals surface area contributed by atoms with Crippen LogP contribution >= 0.6 is 0 Å². The number of carbonyl (C=O) groups excluding carboxylic acids is 2. The van der Waals surface area contributed by atoms with E-state index in [-0.39, 0.29) is 47.0 Å². The summed E-state index contributed by atoms with van der Waals surface area (Å²) in [4.78, 5) is 48.2. The topological polar surface area (TPSA) is 87.5 Å². The number of hydrogen-bond donors (Lipinski definition) is 1. The molecular formula is C38H45N5O3. The van der Waals surface area contributed by atoms with Crippen LogP contribution < -0.4 is 10.9 Å². The van der Waals surface area contributed by atoms with E-state index in [0.29, 0.717) is 23.5 Å². The first-order chi connectivity index (χ1) is 21.7. The first-order valence-electron chi connectivity index (χ1n) is 15.9. The number of aromatic nitrogens is 2. The number of rotatable bonds is 8. The first kappa shape index (κ1) is 32.8. The molecule has 46 heavy (non-hydrogen) atoms. The molecule has 1 atom stereocenters. The Bertz CT molecular complexity index is 1800. The highest BCUT2D eigenvalue weighted by Gasteiger charge is 2.35. The molecule has 4 aromatic rings. The second kappa shape index (κ2) is 13.0. The molecule has 1 aromatic heterocycles. The van der Waals surface area contributed by atoms with E-state index in [1.165, 1.54) is 10.1 Å². The molecule has 1 amide bonds. The zero-order valence-corrected chi connectivity index (χ0v) is 28.2. The molecule has 1 unspecified atom stereocenters. The van der Waals surface area contributed by atoms with Crippen LogP contribution in [0.3, 0.4) is 0 Å². The normalized spacial score (nSPS) is 15.8. The number of ketones is 1. The Balaban J connectivity index is 1.38. The molecule has 2 heterocycles. The smallest absolute Gasteiger partial charge is 0.293 e. The van der Waals surface area contributed by atoms with Crippen molar-refractivity contribution in [3.8, 4) is 11.3 Å². The zero-order valence-electron chi connectivity index (χ0n) is 28.2. The summed E-state index contributed by atoms with van der Waals surface area (Å²) in [6.45, 7) is 14.2. The van der Waals surface area contributed by atoms with E-state index in [1.807, 2.05) is 80.7 Å². The number of carbonyl (C=O) groups is 2. The monoisotopic (exact) mass is 619 g/mol. The molecule has 5 rings (SSSR count). The number of anilines is 2. The van der Waals surface area contributed by atoms with E-state index < -0.39 is 0 Å². The summed E-state index contributed by atoms with van der Waals surface area (Å²) in [6.07, 6.45) is 1.99. The van der Waals surface area contributed by atoms with Crippen LogP contribution in [-0.4, -0.2) is 57.2 Å². The molecule has 0 bridgehead atoms. The van der Waals surface area contributed by atoms with Gasteiger partial charge in [-0.1, -0.05) is 75.4 Å². The summed E-state index contributed by atoms with van der Waals surface area (Å²) in [5, 5.41) is 3.20. The minimum Gasteiger partial charge on any atom is -0.343 e. The summed E-state index contributed by atoms with van der Waals surface area (Å²) in [6, 6.07) is 21.3. The number of aryl methyl sites for hydroxylation is 1. The Labute approximate surface area is 272 Å². The van der Waals surface area contributed by atoms with Crippen LogP contribution in [-0.2, 0) is 23.7 Å². The minimum absolute atomic E-state index is 0.0224. The van der Waals surface area contributed by atoms with Gasteiger partial charge in [0.2, 0.25) is 5.91 Å². The van der Waals surface area contributed by atoms with Crippen LogP contribution in [0.15, 0.2) is 77.7 Å². The Kier molecular flexibility index (Phi) is 9.31. The van der Waals surface area contributed by atoms with Gasteiger partial charge in [0.25, 0.3) is 5.56 Å². The van der Waals surface area contributed by atoms with Crippen molar-refractivity contribution in [2.45, 2.75) is 65.5 Å². The lowest BCUT2D eigenvalue weighted by atomic mass is 9.86. The van der Waals surface area contributed by atoms with Crippen LogP contribution in [0.2, 0.25) is 0 Å². The van der Waals surface area contributed by atoms with Crippen molar-refractivity contribution in [2.24, 2.45) is 7.05 Å². The van der Waals surface area contributed by atoms with Gasteiger partial charge in [-0.2, -0.15) is 0 Å². The van der Waals surface area contributed by atoms with Gasteiger partial charge in [-0.3, -0.25) is 19.3 Å². The maximum Gasteiger partial charge on any atom is 0.293 e. The van der Waals surface area contributed by atoms with Gasteiger partial charge in [-0.15, -0.1) is 0 Å². The van der Waals surface area contributed by atoms with Crippen LogP contribution in [0.5, 0.6) is 0 Å². The highest BCUT2D eigenvalue weighted by atomic mass is 16.2. The fourth-order valence-corrected chi connectivity index (χ4v) is 6.03. The zero-order chi connectivity index (χ0) is 33.3. The highest BCUT2D eigenvalue weighted by Crippen LogP contribution is 2.30. The van der Waals surface area contributed by atoms with Crippen LogP contribution in [0, 0.1) is 6.92 Å². The predicted molar refractivity (Wildman–Crippen MR) is 185 cm³/mol. The van der Waals surface area contributed by atoms with Crippen molar-refractivity contribution in [2.75, 3.05) is 25.5 Å². The van der Waals surface area contributed by atoms with Crippen molar-refractivity contribution in [3.63, 3.8) is 0 Å². The SMILES string of the molecule is Cc1c(CC(=O)c2ccc(C(C)(C)C)cc2)cccc1-c1cn(C)c(=O)c(Nc2ccc(C3C(=O)N(C)CCN3C(C)C)cc2)n1. The molecule has 3 aromatic carbocycles. The van der Waals surface area contributed by atoms with Crippen molar-refractivity contribution in [1.29, 1.82) is 0 Å². The van der Waals surface area contributed by atoms with E-state index in [2.05, 4.69) is 44.8 Å². The van der Waals surface area contributed by atoms with E-state index in [4.69, 9.17) is 4.98 Å². The number of likely N-dealkylation sites (N-methyl/N-ethyl adjacent to an activating group) is 1. The lowest BCUT2D eigenvalue weighted by Gasteiger charge is -2.41.